The smallest absolute Gasteiger partial charge is 0.339 e. The molecule has 0 N–H and O–H groups in total. The highest BCUT2D eigenvalue weighted by Crippen LogP contribution is 2.26. The van der Waals surface area contributed by atoms with Gasteiger partial charge in [-0.05, 0) is 25.1 Å². The average molecular weight is 311 g/mol. The Kier molecular flexibility index (Phi) is 3.90. The van der Waals surface area contributed by atoms with Crippen LogP contribution in [-0.4, -0.2) is 13.3 Å². The van der Waals surface area contributed by atoms with Crippen molar-refractivity contribution in [1.29, 1.82) is 0 Å². The molecule has 2 aromatic carbocycles. The summed E-state index contributed by atoms with van der Waals surface area (Å²) < 4.78 is 42.1. The maximum atomic E-state index is 13.5. The quantitative estimate of drug-likeness (QED) is 0.492. The molecule has 0 fully saturated rings. The molecular formula is C13H10FNO5S. The van der Waals surface area contributed by atoms with Gasteiger partial charge in [0.25, 0.3) is 5.69 Å². The third kappa shape index (κ3) is 3.34. The van der Waals surface area contributed by atoms with Gasteiger partial charge >= 0.3 is 10.1 Å². The van der Waals surface area contributed by atoms with Crippen molar-refractivity contribution in [2.45, 2.75) is 11.8 Å². The standard InChI is InChI=1S/C13H10FNO5S/c1-9-2-5-11(6-3-9)21(18,19)20-13-8-10(15(16)17)4-7-12(13)14/h2-8H,1H3. The summed E-state index contributed by atoms with van der Waals surface area (Å²) in [5.74, 6) is -1.72. The monoisotopic (exact) mass is 311 g/mol. The summed E-state index contributed by atoms with van der Waals surface area (Å²) in [5, 5.41) is 10.6. The molecule has 2 aromatic rings. The van der Waals surface area contributed by atoms with Gasteiger partial charge in [0.1, 0.15) is 4.90 Å². The lowest BCUT2D eigenvalue weighted by Gasteiger charge is -2.08. The Balaban J connectivity index is 2.38. The molecule has 110 valence electrons. The highest BCUT2D eigenvalue weighted by atomic mass is 32.2. The van der Waals surface area contributed by atoms with E-state index >= 15 is 0 Å². The van der Waals surface area contributed by atoms with E-state index in [-0.39, 0.29) is 4.90 Å². The number of aryl methyl sites for hydroxylation is 1. The number of nitro benzene ring substituents is 1. The van der Waals surface area contributed by atoms with Crippen molar-refractivity contribution in [2.75, 3.05) is 0 Å². The first-order valence-corrected chi connectivity index (χ1v) is 7.15. The van der Waals surface area contributed by atoms with Gasteiger partial charge in [0, 0.05) is 6.07 Å². The van der Waals surface area contributed by atoms with Gasteiger partial charge in [-0.25, -0.2) is 4.39 Å². The van der Waals surface area contributed by atoms with E-state index < -0.39 is 32.3 Å². The van der Waals surface area contributed by atoms with Crippen LogP contribution in [0.25, 0.3) is 0 Å². The minimum absolute atomic E-state index is 0.168. The van der Waals surface area contributed by atoms with Crippen LogP contribution in [0.1, 0.15) is 5.56 Å². The molecule has 0 amide bonds. The number of benzene rings is 2. The highest BCUT2D eigenvalue weighted by Gasteiger charge is 2.21. The molecule has 0 bridgehead atoms. The van der Waals surface area contributed by atoms with Gasteiger partial charge in [-0.1, -0.05) is 17.7 Å². The Morgan fingerprint density at radius 2 is 1.76 bits per heavy atom. The summed E-state index contributed by atoms with van der Waals surface area (Å²) in [4.78, 5) is 9.68. The van der Waals surface area contributed by atoms with E-state index in [0.29, 0.717) is 0 Å². The fraction of sp³-hybridized carbons (Fsp3) is 0.0769. The summed E-state index contributed by atoms with van der Waals surface area (Å²) in [6.07, 6.45) is 0. The van der Waals surface area contributed by atoms with Crippen LogP contribution >= 0.6 is 0 Å². The van der Waals surface area contributed by atoms with Gasteiger partial charge in [-0.2, -0.15) is 8.42 Å². The van der Waals surface area contributed by atoms with Crippen molar-refractivity contribution in [3.05, 3.63) is 64.0 Å². The minimum Gasteiger partial charge on any atom is -0.376 e. The Labute approximate surface area is 120 Å². The number of halogens is 1. The van der Waals surface area contributed by atoms with Gasteiger partial charge in [0.2, 0.25) is 0 Å². The number of hydrogen-bond donors (Lipinski definition) is 0. The third-order valence-electron chi connectivity index (χ3n) is 2.63. The zero-order valence-electron chi connectivity index (χ0n) is 10.8. The molecule has 21 heavy (non-hydrogen) atoms. The Hall–Kier alpha value is -2.48. The molecule has 8 heteroatoms. The SMILES string of the molecule is Cc1ccc(S(=O)(=O)Oc2cc([N+](=O)[O-])ccc2F)cc1. The highest BCUT2D eigenvalue weighted by molar-refractivity contribution is 7.87. The summed E-state index contributed by atoms with van der Waals surface area (Å²) in [6.45, 7) is 1.78. The minimum atomic E-state index is -4.26. The van der Waals surface area contributed by atoms with Crippen molar-refractivity contribution in [2.24, 2.45) is 0 Å². The van der Waals surface area contributed by atoms with Gasteiger partial charge in [-0.15, -0.1) is 0 Å². The first kappa shape index (κ1) is 14.9. The first-order chi connectivity index (χ1) is 9.79. The fourth-order valence-corrected chi connectivity index (χ4v) is 2.47. The number of non-ortho nitro benzene ring substituents is 1. The van der Waals surface area contributed by atoms with Crippen LogP contribution in [0, 0.1) is 22.9 Å². The van der Waals surface area contributed by atoms with Gasteiger partial charge in [-0.3, -0.25) is 10.1 Å². The van der Waals surface area contributed by atoms with Crippen LogP contribution < -0.4 is 4.18 Å². The third-order valence-corrected chi connectivity index (χ3v) is 3.88. The first-order valence-electron chi connectivity index (χ1n) is 5.75. The average Bonchev–Trinajstić information content (AvgIpc) is 2.41. The van der Waals surface area contributed by atoms with Crippen molar-refractivity contribution in [3.63, 3.8) is 0 Å². The molecule has 0 aromatic heterocycles. The van der Waals surface area contributed by atoms with Crippen molar-refractivity contribution in [1.82, 2.24) is 0 Å². The molecule has 0 heterocycles. The second kappa shape index (κ2) is 5.49. The van der Waals surface area contributed by atoms with Crippen LogP contribution in [0.3, 0.4) is 0 Å². The Bertz CT molecular complexity index is 787. The van der Waals surface area contributed by atoms with Crippen LogP contribution in [0.15, 0.2) is 47.4 Å². The number of nitro groups is 1. The molecule has 0 radical (unpaired) electrons. The zero-order chi connectivity index (χ0) is 15.6. The zero-order valence-corrected chi connectivity index (χ0v) is 11.6. The maximum absolute atomic E-state index is 13.5. The van der Waals surface area contributed by atoms with Crippen LogP contribution in [0.5, 0.6) is 5.75 Å². The van der Waals surface area contributed by atoms with E-state index in [4.69, 9.17) is 0 Å². The number of hydrogen-bond acceptors (Lipinski definition) is 5. The predicted molar refractivity (Wildman–Crippen MR) is 72.0 cm³/mol. The second-order valence-corrected chi connectivity index (χ2v) is 5.77. The molecule has 6 nitrogen and oxygen atoms in total. The predicted octanol–water partition coefficient (Wildman–Crippen LogP) is 2.81. The summed E-state index contributed by atoms with van der Waals surface area (Å²) in [7, 11) is -4.26. The van der Waals surface area contributed by atoms with Crippen LogP contribution in [0.2, 0.25) is 0 Å². The molecule has 0 unspecified atom stereocenters. The lowest BCUT2D eigenvalue weighted by molar-refractivity contribution is -0.385. The normalized spacial score (nSPS) is 11.1. The van der Waals surface area contributed by atoms with Crippen LogP contribution in [0.4, 0.5) is 10.1 Å². The van der Waals surface area contributed by atoms with E-state index in [1.54, 1.807) is 19.1 Å². The summed E-state index contributed by atoms with van der Waals surface area (Å²) in [5.41, 5.74) is 0.376. The van der Waals surface area contributed by atoms with E-state index in [0.717, 1.165) is 23.8 Å². The second-order valence-electron chi connectivity index (χ2n) is 4.22. The van der Waals surface area contributed by atoms with E-state index in [1.165, 1.54) is 12.1 Å². The molecule has 0 saturated carbocycles. The van der Waals surface area contributed by atoms with E-state index in [1.807, 2.05) is 0 Å². The molecule has 2 rings (SSSR count). The lowest BCUT2D eigenvalue weighted by atomic mass is 10.2. The van der Waals surface area contributed by atoms with Crippen molar-refractivity contribution in [3.8, 4) is 5.75 Å². The summed E-state index contributed by atoms with van der Waals surface area (Å²) >= 11 is 0. The topological polar surface area (TPSA) is 86.5 Å². The Morgan fingerprint density at radius 3 is 2.33 bits per heavy atom. The number of nitrogens with zero attached hydrogens (tertiary/aromatic N) is 1. The van der Waals surface area contributed by atoms with Gasteiger partial charge < -0.3 is 4.18 Å². The molecule has 0 spiro atoms. The maximum Gasteiger partial charge on any atom is 0.339 e. The van der Waals surface area contributed by atoms with E-state index in [9.17, 15) is 22.9 Å². The molecule has 0 aliphatic rings. The molecule has 0 atom stereocenters. The molecular weight excluding hydrogens is 301 g/mol. The van der Waals surface area contributed by atoms with Crippen molar-refractivity contribution >= 4 is 15.8 Å². The summed E-state index contributed by atoms with van der Waals surface area (Å²) in [6, 6.07) is 8.14. The molecule has 0 aliphatic carbocycles. The van der Waals surface area contributed by atoms with Gasteiger partial charge in [0.15, 0.2) is 11.6 Å². The number of rotatable bonds is 4. The van der Waals surface area contributed by atoms with Crippen molar-refractivity contribution < 1.29 is 21.9 Å². The van der Waals surface area contributed by atoms with E-state index in [2.05, 4.69) is 4.18 Å². The van der Waals surface area contributed by atoms with Crippen LogP contribution in [-0.2, 0) is 10.1 Å². The lowest BCUT2D eigenvalue weighted by Crippen LogP contribution is -2.10. The molecule has 0 aliphatic heterocycles. The largest absolute Gasteiger partial charge is 0.376 e. The Morgan fingerprint density at radius 1 is 1.14 bits per heavy atom. The fourth-order valence-electron chi connectivity index (χ4n) is 1.54. The van der Waals surface area contributed by atoms with Gasteiger partial charge in [0.05, 0.1) is 11.0 Å². The molecule has 0 saturated heterocycles.